The Kier molecular flexibility index (Phi) is 5.23. The van der Waals surface area contributed by atoms with E-state index in [4.69, 9.17) is 9.72 Å². The van der Waals surface area contributed by atoms with Crippen molar-refractivity contribution in [3.8, 4) is 11.6 Å². The first kappa shape index (κ1) is 19.6. The lowest BCUT2D eigenvalue weighted by molar-refractivity contribution is -0.118. The first-order valence-corrected chi connectivity index (χ1v) is 9.84. The number of nitrogens with one attached hydrogen (secondary N) is 1. The van der Waals surface area contributed by atoms with E-state index in [2.05, 4.69) is 23.4 Å². The van der Waals surface area contributed by atoms with Gasteiger partial charge in [0.25, 0.3) is 5.91 Å². The summed E-state index contributed by atoms with van der Waals surface area (Å²) in [6, 6.07) is 17.5. The molecule has 0 fully saturated rings. The van der Waals surface area contributed by atoms with Gasteiger partial charge in [-0.15, -0.1) is 0 Å². The molecule has 2 aromatic heterocycles. The summed E-state index contributed by atoms with van der Waals surface area (Å²) in [5.41, 5.74) is 5.00. The Morgan fingerprint density at radius 2 is 1.80 bits per heavy atom. The fourth-order valence-electron chi connectivity index (χ4n) is 3.45. The zero-order chi connectivity index (χ0) is 21.3. The number of fused-ring (bicyclic) bond motifs is 1. The van der Waals surface area contributed by atoms with Crippen molar-refractivity contribution >= 4 is 22.6 Å². The minimum absolute atomic E-state index is 0.0863. The number of ether oxygens (including phenoxy) is 1. The van der Waals surface area contributed by atoms with Crippen molar-refractivity contribution in [3.63, 3.8) is 0 Å². The van der Waals surface area contributed by atoms with Crippen molar-refractivity contribution in [2.75, 3.05) is 11.9 Å². The van der Waals surface area contributed by atoms with Crippen molar-refractivity contribution in [1.29, 1.82) is 0 Å². The zero-order valence-corrected chi connectivity index (χ0v) is 17.6. The van der Waals surface area contributed by atoms with Crippen LogP contribution in [0.15, 0.2) is 54.6 Å². The van der Waals surface area contributed by atoms with E-state index in [1.807, 2.05) is 69.3 Å². The summed E-state index contributed by atoms with van der Waals surface area (Å²) in [4.78, 5) is 17.3. The highest BCUT2D eigenvalue weighted by molar-refractivity contribution is 5.91. The minimum atomic E-state index is -0.258. The van der Waals surface area contributed by atoms with Crippen LogP contribution < -0.4 is 10.1 Å². The molecule has 0 atom stereocenters. The fraction of sp³-hybridized carbons (Fsp3) is 0.208. The van der Waals surface area contributed by atoms with Crippen molar-refractivity contribution in [2.24, 2.45) is 0 Å². The monoisotopic (exact) mass is 400 g/mol. The summed E-state index contributed by atoms with van der Waals surface area (Å²) in [5.74, 6) is 1.63. The molecular formula is C24H24N4O2. The Bertz CT molecular complexity index is 1240. The van der Waals surface area contributed by atoms with E-state index in [0.29, 0.717) is 17.4 Å². The van der Waals surface area contributed by atoms with E-state index >= 15 is 0 Å². The highest BCUT2D eigenvalue weighted by Crippen LogP contribution is 2.24. The normalized spacial score (nSPS) is 10.9. The highest BCUT2D eigenvalue weighted by atomic mass is 16.5. The molecule has 1 amide bonds. The highest BCUT2D eigenvalue weighted by Gasteiger charge is 2.14. The topological polar surface area (TPSA) is 69.0 Å². The molecule has 0 radical (unpaired) electrons. The Balaban J connectivity index is 1.59. The first-order chi connectivity index (χ1) is 14.4. The Morgan fingerprint density at radius 3 is 2.60 bits per heavy atom. The van der Waals surface area contributed by atoms with Crippen molar-refractivity contribution in [1.82, 2.24) is 14.8 Å². The summed E-state index contributed by atoms with van der Waals surface area (Å²) < 4.78 is 7.27. The first-order valence-electron chi connectivity index (χ1n) is 9.84. The quantitative estimate of drug-likeness (QED) is 0.528. The largest absolute Gasteiger partial charge is 0.484 e. The van der Waals surface area contributed by atoms with Crippen LogP contribution in [0, 0.1) is 27.7 Å². The van der Waals surface area contributed by atoms with Gasteiger partial charge in [0.1, 0.15) is 11.6 Å². The van der Waals surface area contributed by atoms with Crippen LogP contribution >= 0.6 is 0 Å². The van der Waals surface area contributed by atoms with Gasteiger partial charge in [0, 0.05) is 11.5 Å². The number of benzene rings is 2. The summed E-state index contributed by atoms with van der Waals surface area (Å²) in [6.45, 7) is 7.87. The predicted molar refractivity (Wildman–Crippen MR) is 118 cm³/mol. The van der Waals surface area contributed by atoms with E-state index in [9.17, 15) is 4.79 Å². The van der Waals surface area contributed by atoms with E-state index in [0.717, 1.165) is 33.3 Å². The van der Waals surface area contributed by atoms with Crippen LogP contribution in [-0.2, 0) is 4.79 Å². The molecule has 0 aliphatic carbocycles. The number of carbonyl (C=O) groups is 1. The van der Waals surface area contributed by atoms with Gasteiger partial charge in [0.2, 0.25) is 0 Å². The molecule has 0 aliphatic heterocycles. The number of rotatable bonds is 5. The van der Waals surface area contributed by atoms with Gasteiger partial charge in [-0.2, -0.15) is 9.78 Å². The third-order valence-electron chi connectivity index (χ3n) is 4.91. The molecule has 2 heterocycles. The van der Waals surface area contributed by atoms with Gasteiger partial charge in [-0.25, -0.2) is 4.98 Å². The molecule has 4 aromatic rings. The Hall–Kier alpha value is -3.67. The standard InChI is InChI=1S/C24H24N4O2/c1-15-7-5-9-19(11-15)30-14-23(29)25-22-13-18(4)27-28(22)21-12-17(3)20-10-6-8-16(2)24(20)26-21/h5-13H,14H2,1-4H3,(H,25,29). The molecular weight excluding hydrogens is 376 g/mol. The average molecular weight is 400 g/mol. The van der Waals surface area contributed by atoms with Gasteiger partial charge >= 0.3 is 0 Å². The van der Waals surface area contributed by atoms with Gasteiger partial charge in [0.05, 0.1) is 11.2 Å². The van der Waals surface area contributed by atoms with E-state index in [1.165, 1.54) is 0 Å². The lowest BCUT2D eigenvalue weighted by Gasteiger charge is -2.12. The molecule has 6 heteroatoms. The predicted octanol–water partition coefficient (Wildman–Crippen LogP) is 4.67. The molecule has 0 saturated carbocycles. The van der Waals surface area contributed by atoms with Crippen LogP contribution in [0.25, 0.3) is 16.7 Å². The molecule has 152 valence electrons. The molecule has 0 unspecified atom stereocenters. The van der Waals surface area contributed by atoms with Crippen molar-refractivity contribution in [2.45, 2.75) is 27.7 Å². The summed E-state index contributed by atoms with van der Waals surface area (Å²) in [7, 11) is 0. The average Bonchev–Trinajstić information content (AvgIpc) is 3.07. The summed E-state index contributed by atoms with van der Waals surface area (Å²) in [6.07, 6.45) is 0. The molecule has 30 heavy (non-hydrogen) atoms. The number of amides is 1. The van der Waals surface area contributed by atoms with E-state index in [-0.39, 0.29) is 12.5 Å². The summed E-state index contributed by atoms with van der Waals surface area (Å²) >= 11 is 0. The van der Waals surface area contributed by atoms with Crippen LogP contribution in [0.1, 0.15) is 22.4 Å². The van der Waals surface area contributed by atoms with Gasteiger partial charge in [-0.05, 0) is 62.6 Å². The maximum Gasteiger partial charge on any atom is 0.263 e. The lowest BCUT2D eigenvalue weighted by atomic mass is 10.1. The third kappa shape index (κ3) is 4.03. The molecule has 1 N–H and O–H groups in total. The maximum absolute atomic E-state index is 12.5. The minimum Gasteiger partial charge on any atom is -0.484 e. The number of nitrogens with zero attached hydrogens (tertiary/aromatic N) is 3. The number of hydrogen-bond acceptors (Lipinski definition) is 4. The Labute approximate surface area is 175 Å². The van der Waals surface area contributed by atoms with Crippen LogP contribution in [0.5, 0.6) is 5.75 Å². The number of pyridine rings is 1. The van der Waals surface area contributed by atoms with Gasteiger partial charge < -0.3 is 10.1 Å². The van der Waals surface area contributed by atoms with Gasteiger partial charge in [-0.3, -0.25) is 4.79 Å². The fourth-order valence-corrected chi connectivity index (χ4v) is 3.45. The molecule has 0 bridgehead atoms. The summed E-state index contributed by atoms with van der Waals surface area (Å²) in [5, 5.41) is 8.54. The molecule has 2 aromatic carbocycles. The van der Waals surface area contributed by atoms with Crippen molar-refractivity contribution < 1.29 is 9.53 Å². The molecule has 6 nitrogen and oxygen atoms in total. The second kappa shape index (κ2) is 7.99. The van der Waals surface area contributed by atoms with Crippen LogP contribution in [0.3, 0.4) is 0 Å². The van der Waals surface area contributed by atoms with Crippen LogP contribution in [0.2, 0.25) is 0 Å². The molecule has 0 spiro atoms. The number of anilines is 1. The van der Waals surface area contributed by atoms with Crippen molar-refractivity contribution in [3.05, 3.63) is 77.0 Å². The van der Waals surface area contributed by atoms with Crippen LogP contribution in [-0.4, -0.2) is 27.3 Å². The molecule has 0 saturated heterocycles. The molecule has 0 aliphatic rings. The van der Waals surface area contributed by atoms with Gasteiger partial charge in [0.15, 0.2) is 12.4 Å². The smallest absolute Gasteiger partial charge is 0.263 e. The molecule has 4 rings (SSSR count). The van der Waals surface area contributed by atoms with Gasteiger partial charge in [-0.1, -0.05) is 30.3 Å². The van der Waals surface area contributed by atoms with Crippen LogP contribution in [0.4, 0.5) is 5.82 Å². The lowest BCUT2D eigenvalue weighted by Crippen LogP contribution is -2.22. The zero-order valence-electron chi connectivity index (χ0n) is 17.6. The Morgan fingerprint density at radius 1 is 1.00 bits per heavy atom. The number of para-hydroxylation sites is 1. The third-order valence-corrected chi connectivity index (χ3v) is 4.91. The number of aryl methyl sites for hydroxylation is 4. The van der Waals surface area contributed by atoms with E-state index < -0.39 is 0 Å². The second-order valence-corrected chi connectivity index (χ2v) is 7.50. The van der Waals surface area contributed by atoms with E-state index in [1.54, 1.807) is 4.68 Å². The number of carbonyl (C=O) groups excluding carboxylic acids is 1. The second-order valence-electron chi connectivity index (χ2n) is 7.50. The number of aromatic nitrogens is 3. The SMILES string of the molecule is Cc1cccc(OCC(=O)Nc2cc(C)nn2-c2cc(C)c3cccc(C)c3n2)c1. The maximum atomic E-state index is 12.5. The number of hydrogen-bond donors (Lipinski definition) is 1.